The Morgan fingerprint density at radius 3 is 3.00 bits per heavy atom. The van der Waals surface area contributed by atoms with E-state index in [1.54, 1.807) is 12.4 Å². The van der Waals surface area contributed by atoms with Gasteiger partial charge in [0.25, 0.3) is 0 Å². The van der Waals surface area contributed by atoms with Gasteiger partial charge in [0.2, 0.25) is 0 Å². The second-order valence-electron chi connectivity index (χ2n) is 2.92. The minimum Gasteiger partial charge on any atom is -0.338 e. The van der Waals surface area contributed by atoms with Gasteiger partial charge in [0, 0.05) is 18.9 Å². The first-order valence-corrected chi connectivity index (χ1v) is 4.59. The van der Waals surface area contributed by atoms with Crippen molar-refractivity contribution in [1.29, 1.82) is 0 Å². The second kappa shape index (κ2) is 3.91. The molecule has 0 aliphatic carbocycles. The maximum Gasteiger partial charge on any atom is 0.130 e. The molecule has 2 heterocycles. The predicted molar refractivity (Wildman–Crippen MR) is 55.4 cm³/mol. The lowest BCUT2D eigenvalue weighted by molar-refractivity contribution is 0.660. The number of anilines is 2. The van der Waals surface area contributed by atoms with Gasteiger partial charge in [0.15, 0.2) is 0 Å². The Labute approximate surface area is 82.6 Å². The second-order valence-corrected chi connectivity index (χ2v) is 2.92. The molecule has 0 fully saturated rings. The topological polar surface area (TPSA) is 42.7 Å². The van der Waals surface area contributed by atoms with Crippen molar-refractivity contribution in [1.82, 2.24) is 14.8 Å². The average molecular weight is 188 g/mol. The summed E-state index contributed by atoms with van der Waals surface area (Å²) in [6.45, 7) is 2.93. The third kappa shape index (κ3) is 1.90. The molecule has 0 aliphatic rings. The molecule has 0 saturated carbocycles. The Morgan fingerprint density at radius 2 is 2.36 bits per heavy atom. The van der Waals surface area contributed by atoms with Crippen molar-refractivity contribution in [3.05, 3.63) is 36.8 Å². The van der Waals surface area contributed by atoms with Gasteiger partial charge in [-0.3, -0.25) is 4.68 Å². The number of nitrogens with zero attached hydrogens (tertiary/aromatic N) is 3. The highest BCUT2D eigenvalue weighted by Gasteiger charge is 1.97. The smallest absolute Gasteiger partial charge is 0.130 e. The first-order chi connectivity index (χ1) is 6.88. The molecule has 4 heteroatoms. The molecule has 4 nitrogen and oxygen atoms in total. The normalized spacial score (nSPS) is 10.1. The van der Waals surface area contributed by atoms with Crippen molar-refractivity contribution in [3.8, 4) is 0 Å². The van der Waals surface area contributed by atoms with Crippen molar-refractivity contribution in [3.63, 3.8) is 0 Å². The summed E-state index contributed by atoms with van der Waals surface area (Å²) in [6.07, 6.45) is 5.50. The van der Waals surface area contributed by atoms with E-state index < -0.39 is 0 Å². The van der Waals surface area contributed by atoms with Crippen LogP contribution in [0.1, 0.15) is 6.92 Å². The number of pyridine rings is 1. The van der Waals surface area contributed by atoms with Crippen LogP contribution in [0.5, 0.6) is 0 Å². The van der Waals surface area contributed by atoms with Crippen LogP contribution in [0, 0.1) is 0 Å². The maximum atomic E-state index is 4.16. The summed E-state index contributed by atoms with van der Waals surface area (Å²) in [5.41, 5.74) is 0.963. The number of nitrogens with one attached hydrogen (secondary N) is 1. The molecule has 1 N–H and O–H groups in total. The summed E-state index contributed by atoms with van der Waals surface area (Å²) in [6, 6.07) is 5.75. The van der Waals surface area contributed by atoms with Crippen molar-refractivity contribution < 1.29 is 0 Å². The third-order valence-electron chi connectivity index (χ3n) is 1.89. The maximum absolute atomic E-state index is 4.16. The Kier molecular flexibility index (Phi) is 2.44. The standard InChI is InChI=1S/C10H12N4/c1-2-14-8-9(7-12-14)13-10-5-3-4-6-11-10/h3-8H,2H2,1H3,(H,11,13). The van der Waals surface area contributed by atoms with Crippen molar-refractivity contribution in [2.45, 2.75) is 13.5 Å². The number of rotatable bonds is 3. The quantitative estimate of drug-likeness (QED) is 0.801. The van der Waals surface area contributed by atoms with Crippen molar-refractivity contribution in [2.75, 3.05) is 5.32 Å². The Hall–Kier alpha value is -1.84. The van der Waals surface area contributed by atoms with E-state index in [-0.39, 0.29) is 0 Å². The van der Waals surface area contributed by atoms with E-state index >= 15 is 0 Å². The van der Waals surface area contributed by atoms with E-state index in [9.17, 15) is 0 Å². The Balaban J connectivity index is 2.11. The van der Waals surface area contributed by atoms with E-state index in [0.717, 1.165) is 18.1 Å². The predicted octanol–water partition coefficient (Wildman–Crippen LogP) is 2.04. The van der Waals surface area contributed by atoms with E-state index in [2.05, 4.69) is 22.3 Å². The molecule has 14 heavy (non-hydrogen) atoms. The molecule has 72 valence electrons. The molecule has 2 aromatic rings. The fourth-order valence-electron chi connectivity index (χ4n) is 1.19. The zero-order valence-electron chi connectivity index (χ0n) is 8.01. The number of hydrogen-bond acceptors (Lipinski definition) is 3. The van der Waals surface area contributed by atoms with Crippen LogP contribution in [0.15, 0.2) is 36.8 Å². The number of aryl methyl sites for hydroxylation is 1. The van der Waals surface area contributed by atoms with Crippen LogP contribution in [0.2, 0.25) is 0 Å². The van der Waals surface area contributed by atoms with Gasteiger partial charge in [-0.2, -0.15) is 5.10 Å². The highest BCUT2D eigenvalue weighted by molar-refractivity contribution is 5.53. The molecule has 2 rings (SSSR count). The van der Waals surface area contributed by atoms with Gasteiger partial charge in [-0.05, 0) is 19.1 Å². The molecule has 0 spiro atoms. The highest BCUT2D eigenvalue weighted by atomic mass is 15.3. The summed E-state index contributed by atoms with van der Waals surface area (Å²) in [7, 11) is 0. The van der Waals surface area contributed by atoms with Gasteiger partial charge in [-0.15, -0.1) is 0 Å². The van der Waals surface area contributed by atoms with E-state index in [4.69, 9.17) is 0 Å². The lowest BCUT2D eigenvalue weighted by Crippen LogP contribution is -1.93. The van der Waals surface area contributed by atoms with E-state index in [1.165, 1.54) is 0 Å². The molecule has 2 aromatic heterocycles. The van der Waals surface area contributed by atoms with Crippen LogP contribution in [-0.4, -0.2) is 14.8 Å². The SMILES string of the molecule is CCn1cc(Nc2ccccn2)cn1. The lowest BCUT2D eigenvalue weighted by Gasteiger charge is -2.00. The van der Waals surface area contributed by atoms with Crippen molar-refractivity contribution in [2.24, 2.45) is 0 Å². The largest absolute Gasteiger partial charge is 0.338 e. The van der Waals surface area contributed by atoms with E-state index in [0.29, 0.717) is 0 Å². The van der Waals surface area contributed by atoms with Gasteiger partial charge in [0.05, 0.1) is 11.9 Å². The fraction of sp³-hybridized carbons (Fsp3) is 0.200. The fourth-order valence-corrected chi connectivity index (χ4v) is 1.19. The van der Waals surface area contributed by atoms with Gasteiger partial charge in [-0.1, -0.05) is 6.07 Å². The third-order valence-corrected chi connectivity index (χ3v) is 1.89. The Bertz CT molecular complexity index is 394. The number of aromatic nitrogens is 3. The molecule has 0 aliphatic heterocycles. The summed E-state index contributed by atoms with van der Waals surface area (Å²) >= 11 is 0. The van der Waals surface area contributed by atoms with E-state index in [1.807, 2.05) is 29.1 Å². The van der Waals surface area contributed by atoms with Crippen LogP contribution in [0.4, 0.5) is 11.5 Å². The van der Waals surface area contributed by atoms with Crippen LogP contribution in [-0.2, 0) is 6.54 Å². The highest BCUT2D eigenvalue weighted by Crippen LogP contribution is 2.11. The number of hydrogen-bond donors (Lipinski definition) is 1. The molecule has 0 atom stereocenters. The molecule has 0 unspecified atom stereocenters. The van der Waals surface area contributed by atoms with Crippen molar-refractivity contribution >= 4 is 11.5 Å². The van der Waals surface area contributed by atoms with Gasteiger partial charge in [-0.25, -0.2) is 4.98 Å². The molecule has 0 saturated heterocycles. The summed E-state index contributed by atoms with van der Waals surface area (Å²) < 4.78 is 1.87. The Morgan fingerprint density at radius 1 is 1.43 bits per heavy atom. The average Bonchev–Trinajstić information content (AvgIpc) is 2.67. The first kappa shape index (κ1) is 8.74. The first-order valence-electron chi connectivity index (χ1n) is 4.59. The summed E-state index contributed by atoms with van der Waals surface area (Å²) in [5.74, 6) is 0.836. The van der Waals surface area contributed by atoms with Crippen LogP contribution < -0.4 is 5.32 Å². The molecular weight excluding hydrogens is 176 g/mol. The monoisotopic (exact) mass is 188 g/mol. The lowest BCUT2D eigenvalue weighted by atomic mass is 10.4. The molecule has 0 radical (unpaired) electrons. The minimum absolute atomic E-state index is 0.836. The van der Waals surface area contributed by atoms with Gasteiger partial charge >= 0.3 is 0 Å². The van der Waals surface area contributed by atoms with Crippen LogP contribution in [0.25, 0.3) is 0 Å². The minimum atomic E-state index is 0.836. The van der Waals surface area contributed by atoms with Gasteiger partial charge in [0.1, 0.15) is 5.82 Å². The molecular formula is C10H12N4. The summed E-state index contributed by atoms with van der Waals surface area (Å²) in [5, 5.41) is 7.32. The summed E-state index contributed by atoms with van der Waals surface area (Å²) in [4.78, 5) is 4.16. The molecule has 0 amide bonds. The van der Waals surface area contributed by atoms with Gasteiger partial charge < -0.3 is 5.32 Å². The zero-order valence-corrected chi connectivity index (χ0v) is 8.01. The molecule has 0 bridgehead atoms. The molecule has 0 aromatic carbocycles. The van der Waals surface area contributed by atoms with Crippen LogP contribution in [0.3, 0.4) is 0 Å². The van der Waals surface area contributed by atoms with Crippen LogP contribution >= 0.6 is 0 Å². The zero-order chi connectivity index (χ0) is 9.80.